The van der Waals surface area contributed by atoms with Gasteiger partial charge in [-0.1, -0.05) is 12.1 Å². The Hall–Kier alpha value is -2.38. The number of ketones is 1. The lowest BCUT2D eigenvalue weighted by atomic mass is 9.96. The molecule has 3 rings (SSSR count). The van der Waals surface area contributed by atoms with E-state index in [9.17, 15) is 14.7 Å². The lowest BCUT2D eigenvalue weighted by Crippen LogP contribution is -3.14. The lowest BCUT2D eigenvalue weighted by Gasteiger charge is -2.30. The lowest BCUT2D eigenvalue weighted by molar-refractivity contribution is -0.907. The number of Topliss-reactive ketones (excluding diaryl/α,β-unsaturated/α-hetero) is 1. The molecule has 0 spiro atoms. The molecular formula is C20H28N3O4+. The van der Waals surface area contributed by atoms with Crippen molar-refractivity contribution in [2.75, 3.05) is 58.4 Å². The molecule has 146 valence electrons. The monoisotopic (exact) mass is 374 g/mol. The highest BCUT2D eigenvalue weighted by atomic mass is 16.5. The zero-order chi connectivity index (χ0) is 19.6. The number of ether oxygens (including phenoxy) is 1. The summed E-state index contributed by atoms with van der Waals surface area (Å²) < 4.78 is 5.38. The Morgan fingerprint density at radius 3 is 2.44 bits per heavy atom. The van der Waals surface area contributed by atoms with Crippen molar-refractivity contribution in [3.05, 3.63) is 41.2 Å². The number of morpholine rings is 1. The topological polar surface area (TPSA) is 74.5 Å². The second kappa shape index (κ2) is 8.10. The van der Waals surface area contributed by atoms with Gasteiger partial charge in [-0.15, -0.1) is 0 Å². The fourth-order valence-corrected chi connectivity index (χ4v) is 3.73. The first-order valence-corrected chi connectivity index (χ1v) is 9.33. The molecule has 0 bridgehead atoms. The molecule has 2 heterocycles. The zero-order valence-electron chi connectivity index (χ0n) is 16.2. The molecule has 1 fully saturated rings. The molecule has 7 heteroatoms. The van der Waals surface area contributed by atoms with Crippen LogP contribution in [0.4, 0.5) is 5.69 Å². The smallest absolute Gasteiger partial charge is 0.290 e. The van der Waals surface area contributed by atoms with Gasteiger partial charge in [-0.3, -0.25) is 9.59 Å². The molecule has 1 atom stereocenters. The Bertz CT molecular complexity index is 736. The van der Waals surface area contributed by atoms with Crippen LogP contribution in [-0.4, -0.2) is 75.2 Å². The molecule has 1 aromatic carbocycles. The van der Waals surface area contributed by atoms with Crippen molar-refractivity contribution in [1.29, 1.82) is 0 Å². The Kier molecular flexibility index (Phi) is 5.82. The summed E-state index contributed by atoms with van der Waals surface area (Å²) in [6.07, 6.45) is 0. The minimum atomic E-state index is -0.536. The van der Waals surface area contributed by atoms with Gasteiger partial charge in [0.15, 0.2) is 11.5 Å². The molecule has 0 radical (unpaired) electrons. The molecule has 1 aromatic rings. The average Bonchev–Trinajstić information content (AvgIpc) is 2.92. The number of amides is 1. The van der Waals surface area contributed by atoms with E-state index in [1.807, 2.05) is 43.3 Å². The van der Waals surface area contributed by atoms with E-state index in [4.69, 9.17) is 4.74 Å². The van der Waals surface area contributed by atoms with E-state index in [1.165, 1.54) is 11.8 Å². The first kappa shape index (κ1) is 19.4. The quantitative estimate of drug-likeness (QED) is 0.731. The number of carbonyl (C=O) groups is 2. The van der Waals surface area contributed by atoms with Crippen LogP contribution in [0.5, 0.6) is 0 Å². The predicted molar refractivity (Wildman–Crippen MR) is 102 cm³/mol. The summed E-state index contributed by atoms with van der Waals surface area (Å²) >= 11 is 0. The van der Waals surface area contributed by atoms with Crippen LogP contribution in [0.2, 0.25) is 0 Å². The molecule has 2 aliphatic rings. The van der Waals surface area contributed by atoms with Crippen LogP contribution < -0.4 is 9.80 Å². The van der Waals surface area contributed by atoms with Gasteiger partial charge in [-0.25, -0.2) is 0 Å². The van der Waals surface area contributed by atoms with E-state index in [0.29, 0.717) is 6.54 Å². The van der Waals surface area contributed by atoms with Crippen molar-refractivity contribution < 1.29 is 24.3 Å². The van der Waals surface area contributed by atoms with Gasteiger partial charge < -0.3 is 24.5 Å². The fraction of sp³-hybridized carbons (Fsp3) is 0.500. The van der Waals surface area contributed by atoms with Crippen molar-refractivity contribution >= 4 is 17.4 Å². The molecule has 0 aromatic heterocycles. The SMILES string of the molecule is CC(=O)C1=C(O)C(=O)N(CC[NH+]2CCOCC2)[C@@H]1c1ccc(N(C)C)cc1. The second-order valence-corrected chi connectivity index (χ2v) is 7.32. The first-order chi connectivity index (χ1) is 12.9. The van der Waals surface area contributed by atoms with Crippen LogP contribution in [0.3, 0.4) is 0 Å². The predicted octanol–water partition coefficient (Wildman–Crippen LogP) is -0.0479. The molecule has 7 nitrogen and oxygen atoms in total. The molecule has 0 aliphatic carbocycles. The number of hydrogen-bond donors (Lipinski definition) is 2. The minimum absolute atomic E-state index is 0.189. The van der Waals surface area contributed by atoms with Crippen molar-refractivity contribution in [3.8, 4) is 0 Å². The Labute approximate surface area is 159 Å². The highest BCUT2D eigenvalue weighted by Crippen LogP contribution is 2.37. The van der Waals surface area contributed by atoms with E-state index in [1.54, 1.807) is 4.90 Å². The summed E-state index contributed by atoms with van der Waals surface area (Å²) in [7, 11) is 3.91. The molecule has 0 saturated carbocycles. The van der Waals surface area contributed by atoms with Crippen molar-refractivity contribution in [2.45, 2.75) is 13.0 Å². The minimum Gasteiger partial charge on any atom is -0.503 e. The number of nitrogens with one attached hydrogen (secondary N) is 1. The molecular weight excluding hydrogens is 346 g/mol. The number of aliphatic hydroxyl groups is 1. The molecule has 27 heavy (non-hydrogen) atoms. The number of nitrogens with zero attached hydrogens (tertiary/aromatic N) is 2. The largest absolute Gasteiger partial charge is 0.503 e. The van der Waals surface area contributed by atoms with E-state index in [0.717, 1.165) is 44.1 Å². The van der Waals surface area contributed by atoms with E-state index in [-0.39, 0.29) is 11.4 Å². The maximum Gasteiger partial charge on any atom is 0.290 e. The van der Waals surface area contributed by atoms with Gasteiger partial charge in [0.2, 0.25) is 0 Å². The third-order valence-electron chi connectivity index (χ3n) is 5.31. The van der Waals surface area contributed by atoms with Gasteiger partial charge in [-0.05, 0) is 24.6 Å². The van der Waals surface area contributed by atoms with Crippen molar-refractivity contribution in [2.24, 2.45) is 0 Å². The van der Waals surface area contributed by atoms with Gasteiger partial charge in [-0.2, -0.15) is 0 Å². The average molecular weight is 374 g/mol. The zero-order valence-corrected chi connectivity index (χ0v) is 16.2. The maximum atomic E-state index is 12.7. The highest BCUT2D eigenvalue weighted by Gasteiger charge is 2.42. The van der Waals surface area contributed by atoms with Gasteiger partial charge in [0.1, 0.15) is 13.1 Å². The molecule has 2 N–H and O–H groups in total. The van der Waals surface area contributed by atoms with E-state index < -0.39 is 17.7 Å². The van der Waals surface area contributed by atoms with E-state index >= 15 is 0 Å². The Morgan fingerprint density at radius 1 is 1.26 bits per heavy atom. The van der Waals surface area contributed by atoms with Crippen LogP contribution in [-0.2, 0) is 14.3 Å². The van der Waals surface area contributed by atoms with Gasteiger partial charge in [0, 0.05) is 19.8 Å². The summed E-state index contributed by atoms with van der Waals surface area (Å²) in [5.41, 5.74) is 2.06. The number of quaternary nitrogens is 1. The molecule has 0 unspecified atom stereocenters. The van der Waals surface area contributed by atoms with Crippen molar-refractivity contribution in [1.82, 2.24) is 4.90 Å². The second-order valence-electron chi connectivity index (χ2n) is 7.32. The Morgan fingerprint density at radius 2 is 1.89 bits per heavy atom. The number of carbonyl (C=O) groups excluding carboxylic acids is 2. The number of hydrogen-bond acceptors (Lipinski definition) is 5. The summed E-state index contributed by atoms with van der Waals surface area (Å²) in [6.45, 7) is 5.90. The fourth-order valence-electron chi connectivity index (χ4n) is 3.73. The third kappa shape index (κ3) is 3.99. The van der Waals surface area contributed by atoms with Gasteiger partial charge >= 0.3 is 0 Å². The summed E-state index contributed by atoms with van der Waals surface area (Å²) in [5.74, 6) is -1.15. The van der Waals surface area contributed by atoms with Crippen LogP contribution in [0.1, 0.15) is 18.5 Å². The molecule has 2 aliphatic heterocycles. The number of benzene rings is 1. The van der Waals surface area contributed by atoms with Crippen molar-refractivity contribution in [3.63, 3.8) is 0 Å². The van der Waals surface area contributed by atoms with Crippen LogP contribution in [0.25, 0.3) is 0 Å². The van der Waals surface area contributed by atoms with E-state index in [2.05, 4.69) is 0 Å². The summed E-state index contributed by atoms with van der Waals surface area (Å²) in [6, 6.07) is 7.22. The normalized spacial score (nSPS) is 21.1. The maximum absolute atomic E-state index is 12.7. The van der Waals surface area contributed by atoms with Crippen LogP contribution in [0, 0.1) is 0 Å². The molecule has 1 amide bonds. The Balaban J connectivity index is 1.86. The van der Waals surface area contributed by atoms with Crippen LogP contribution in [0.15, 0.2) is 35.6 Å². The summed E-state index contributed by atoms with van der Waals surface area (Å²) in [5, 5.41) is 10.3. The third-order valence-corrected chi connectivity index (χ3v) is 5.31. The summed E-state index contributed by atoms with van der Waals surface area (Å²) in [4.78, 5) is 29.8. The first-order valence-electron chi connectivity index (χ1n) is 9.33. The van der Waals surface area contributed by atoms with Gasteiger partial charge in [0.05, 0.1) is 37.9 Å². The van der Waals surface area contributed by atoms with Gasteiger partial charge in [0.25, 0.3) is 5.91 Å². The van der Waals surface area contributed by atoms with Crippen LogP contribution >= 0.6 is 0 Å². The number of rotatable bonds is 6. The highest BCUT2D eigenvalue weighted by molar-refractivity contribution is 6.08. The number of aliphatic hydroxyl groups excluding tert-OH is 1. The number of anilines is 1. The molecule has 1 saturated heterocycles. The standard InChI is InChI=1S/C20H27N3O4/c1-14(24)17-18(15-4-6-16(7-5-15)21(2)3)23(20(26)19(17)25)9-8-22-10-12-27-13-11-22/h4-7,18,25H,8-13H2,1-3H3/p+1/t18-/m1/s1.